The predicted octanol–water partition coefficient (Wildman–Crippen LogP) is 2.82. The molecule has 0 saturated heterocycles. The fraction of sp³-hybridized carbons (Fsp3) is 0.429. The Labute approximate surface area is 134 Å². The van der Waals surface area contributed by atoms with Gasteiger partial charge in [-0.2, -0.15) is 0 Å². The van der Waals surface area contributed by atoms with Crippen molar-refractivity contribution in [2.24, 2.45) is 0 Å². The highest BCUT2D eigenvalue weighted by Gasteiger charge is 2.18. The molecule has 7 heteroatoms. The Morgan fingerprint density at radius 3 is 2.52 bits per heavy atom. The van der Waals surface area contributed by atoms with E-state index in [0.717, 1.165) is 0 Å². The van der Waals surface area contributed by atoms with Crippen molar-refractivity contribution in [3.8, 4) is 0 Å². The molecule has 0 saturated carbocycles. The number of hydrogen-bond donors (Lipinski definition) is 1. The van der Waals surface area contributed by atoms with Gasteiger partial charge in [0.15, 0.2) is 0 Å². The van der Waals surface area contributed by atoms with E-state index in [0.29, 0.717) is 15.7 Å². The molecule has 0 heterocycles. The van der Waals surface area contributed by atoms with Gasteiger partial charge in [-0.3, -0.25) is 14.5 Å². The van der Waals surface area contributed by atoms with Crippen LogP contribution in [-0.4, -0.2) is 43.0 Å². The second-order valence-corrected chi connectivity index (χ2v) is 5.59. The van der Waals surface area contributed by atoms with E-state index >= 15 is 0 Å². The molecule has 0 aliphatic heterocycles. The summed E-state index contributed by atoms with van der Waals surface area (Å²) >= 11 is 11.8. The lowest BCUT2D eigenvalue weighted by Gasteiger charge is -2.24. The van der Waals surface area contributed by atoms with E-state index in [9.17, 15) is 9.59 Å². The lowest BCUT2D eigenvalue weighted by Crippen LogP contribution is -2.41. The molecule has 21 heavy (non-hydrogen) atoms. The summed E-state index contributed by atoms with van der Waals surface area (Å²) in [6.07, 6.45) is 0. The molecule has 0 unspecified atom stereocenters. The van der Waals surface area contributed by atoms with E-state index in [1.165, 1.54) is 7.11 Å². The molecular formula is C14H18Cl2N2O3. The molecule has 0 atom stereocenters. The molecule has 0 aromatic heterocycles. The fourth-order valence-electron chi connectivity index (χ4n) is 1.62. The van der Waals surface area contributed by atoms with Crippen molar-refractivity contribution >= 4 is 40.8 Å². The van der Waals surface area contributed by atoms with Gasteiger partial charge in [0.25, 0.3) is 0 Å². The van der Waals surface area contributed by atoms with Gasteiger partial charge in [0.2, 0.25) is 5.91 Å². The predicted molar refractivity (Wildman–Crippen MR) is 83.8 cm³/mol. The van der Waals surface area contributed by atoms with Crippen LogP contribution >= 0.6 is 23.2 Å². The largest absolute Gasteiger partial charge is 0.468 e. The zero-order chi connectivity index (χ0) is 16.0. The van der Waals surface area contributed by atoms with Gasteiger partial charge in [-0.25, -0.2) is 0 Å². The number of rotatable bonds is 6. The van der Waals surface area contributed by atoms with E-state index in [1.807, 2.05) is 13.8 Å². The number of benzene rings is 1. The molecule has 1 rings (SSSR count). The molecule has 1 aromatic carbocycles. The zero-order valence-corrected chi connectivity index (χ0v) is 13.7. The van der Waals surface area contributed by atoms with E-state index in [1.54, 1.807) is 23.1 Å². The Balaban J connectivity index is 2.69. The lowest BCUT2D eigenvalue weighted by atomic mass is 10.3. The summed E-state index contributed by atoms with van der Waals surface area (Å²) in [6.45, 7) is 3.88. The van der Waals surface area contributed by atoms with Crippen LogP contribution in [0.4, 0.5) is 5.69 Å². The van der Waals surface area contributed by atoms with Gasteiger partial charge in [0.1, 0.15) is 0 Å². The number of hydrogen-bond acceptors (Lipinski definition) is 4. The van der Waals surface area contributed by atoms with Crippen molar-refractivity contribution in [1.82, 2.24) is 4.90 Å². The standard InChI is InChI=1S/C14H18Cl2N2O3/c1-9(2)18(8-14(20)21-3)7-13(19)17-12-6-10(15)4-5-11(12)16/h4-6,9H,7-8H2,1-3H3,(H,17,19). The third-order valence-electron chi connectivity index (χ3n) is 2.84. The van der Waals surface area contributed by atoms with E-state index < -0.39 is 5.97 Å². The number of methoxy groups -OCH3 is 1. The smallest absolute Gasteiger partial charge is 0.319 e. The van der Waals surface area contributed by atoms with Crippen molar-refractivity contribution in [3.05, 3.63) is 28.2 Å². The first-order valence-electron chi connectivity index (χ1n) is 6.39. The van der Waals surface area contributed by atoms with Crippen LogP contribution in [0.1, 0.15) is 13.8 Å². The van der Waals surface area contributed by atoms with Crippen LogP contribution in [0.2, 0.25) is 10.0 Å². The number of anilines is 1. The number of halogens is 2. The van der Waals surface area contributed by atoms with Gasteiger partial charge in [-0.05, 0) is 32.0 Å². The summed E-state index contributed by atoms with van der Waals surface area (Å²) in [6, 6.07) is 4.83. The summed E-state index contributed by atoms with van der Waals surface area (Å²) in [5.74, 6) is -0.672. The van der Waals surface area contributed by atoms with Crippen molar-refractivity contribution in [2.45, 2.75) is 19.9 Å². The van der Waals surface area contributed by atoms with Crippen LogP contribution in [0.5, 0.6) is 0 Å². The van der Waals surface area contributed by atoms with Gasteiger partial charge in [-0.1, -0.05) is 23.2 Å². The van der Waals surface area contributed by atoms with Crippen LogP contribution in [0.25, 0.3) is 0 Å². The normalized spacial score (nSPS) is 10.8. The van der Waals surface area contributed by atoms with Crippen LogP contribution in [0, 0.1) is 0 Å². The molecule has 0 aliphatic rings. The summed E-state index contributed by atoms with van der Waals surface area (Å²) in [5, 5.41) is 3.56. The maximum Gasteiger partial charge on any atom is 0.319 e. The molecule has 1 N–H and O–H groups in total. The zero-order valence-electron chi connectivity index (χ0n) is 12.2. The van der Waals surface area contributed by atoms with Crippen LogP contribution in [-0.2, 0) is 14.3 Å². The first-order chi connectivity index (χ1) is 9.83. The van der Waals surface area contributed by atoms with Crippen LogP contribution in [0.3, 0.4) is 0 Å². The number of esters is 1. The number of ether oxygens (including phenoxy) is 1. The molecule has 1 aromatic rings. The van der Waals surface area contributed by atoms with Crippen LogP contribution < -0.4 is 5.32 Å². The Kier molecular flexibility index (Phi) is 6.95. The van der Waals surface area contributed by atoms with Crippen molar-refractivity contribution in [2.75, 3.05) is 25.5 Å². The minimum Gasteiger partial charge on any atom is -0.468 e. The number of nitrogens with zero attached hydrogens (tertiary/aromatic N) is 1. The fourth-order valence-corrected chi connectivity index (χ4v) is 1.96. The molecule has 0 radical (unpaired) electrons. The highest BCUT2D eigenvalue weighted by Crippen LogP contribution is 2.25. The number of carbonyl (C=O) groups is 2. The second kappa shape index (κ2) is 8.22. The minimum absolute atomic E-state index is 0.0182. The Morgan fingerprint density at radius 1 is 1.29 bits per heavy atom. The topological polar surface area (TPSA) is 58.6 Å². The average molecular weight is 333 g/mol. The summed E-state index contributed by atoms with van der Waals surface area (Å²) in [4.78, 5) is 25.1. The van der Waals surface area contributed by atoms with Gasteiger partial charge < -0.3 is 10.1 Å². The molecule has 1 amide bonds. The number of amides is 1. The second-order valence-electron chi connectivity index (χ2n) is 4.75. The monoisotopic (exact) mass is 332 g/mol. The highest BCUT2D eigenvalue weighted by molar-refractivity contribution is 6.35. The maximum atomic E-state index is 12.1. The first-order valence-corrected chi connectivity index (χ1v) is 7.15. The summed E-state index contributed by atoms with van der Waals surface area (Å²) in [5.41, 5.74) is 0.441. The Hall–Kier alpha value is -1.30. The average Bonchev–Trinajstić information content (AvgIpc) is 2.41. The molecule has 5 nitrogen and oxygen atoms in total. The summed E-state index contributed by atoms with van der Waals surface area (Å²) in [7, 11) is 1.31. The maximum absolute atomic E-state index is 12.1. The van der Waals surface area contributed by atoms with Gasteiger partial charge >= 0.3 is 5.97 Å². The molecule has 116 valence electrons. The number of carbonyl (C=O) groups excluding carboxylic acids is 2. The van der Waals surface area contributed by atoms with Gasteiger partial charge in [0, 0.05) is 11.1 Å². The van der Waals surface area contributed by atoms with E-state index in [-0.39, 0.29) is 25.0 Å². The molecule has 0 aliphatic carbocycles. The van der Waals surface area contributed by atoms with Crippen molar-refractivity contribution < 1.29 is 14.3 Å². The van der Waals surface area contributed by atoms with Crippen molar-refractivity contribution in [1.29, 1.82) is 0 Å². The lowest BCUT2D eigenvalue weighted by molar-refractivity contribution is -0.142. The SMILES string of the molecule is COC(=O)CN(CC(=O)Nc1cc(Cl)ccc1Cl)C(C)C. The molecular weight excluding hydrogens is 315 g/mol. The third kappa shape index (κ3) is 5.91. The van der Waals surface area contributed by atoms with E-state index in [4.69, 9.17) is 23.2 Å². The van der Waals surface area contributed by atoms with Crippen LogP contribution in [0.15, 0.2) is 18.2 Å². The number of nitrogens with one attached hydrogen (secondary N) is 1. The molecule has 0 fully saturated rings. The Bertz CT molecular complexity index is 521. The summed E-state index contributed by atoms with van der Waals surface area (Å²) < 4.78 is 4.61. The third-order valence-corrected chi connectivity index (χ3v) is 3.40. The van der Waals surface area contributed by atoms with Crippen molar-refractivity contribution in [3.63, 3.8) is 0 Å². The molecule has 0 bridgehead atoms. The van der Waals surface area contributed by atoms with Gasteiger partial charge in [0.05, 0.1) is 30.9 Å². The molecule has 0 spiro atoms. The quantitative estimate of drug-likeness (QED) is 0.814. The minimum atomic E-state index is -0.391. The first kappa shape index (κ1) is 17.8. The van der Waals surface area contributed by atoms with E-state index in [2.05, 4.69) is 10.1 Å². The highest BCUT2D eigenvalue weighted by atomic mass is 35.5. The van der Waals surface area contributed by atoms with Gasteiger partial charge in [-0.15, -0.1) is 0 Å². The Morgan fingerprint density at radius 2 is 1.95 bits per heavy atom.